The van der Waals surface area contributed by atoms with Crippen molar-refractivity contribution in [3.8, 4) is 0 Å². The Balaban J connectivity index is 1.67. The van der Waals surface area contributed by atoms with Crippen LogP contribution in [0.3, 0.4) is 0 Å². The highest BCUT2D eigenvalue weighted by Gasteiger charge is 2.20. The molecule has 0 spiro atoms. The first-order chi connectivity index (χ1) is 10.1. The molecule has 2 heteroatoms. The third-order valence-electron chi connectivity index (χ3n) is 4.19. The van der Waals surface area contributed by atoms with Crippen molar-refractivity contribution in [1.29, 1.82) is 0 Å². The van der Waals surface area contributed by atoms with Gasteiger partial charge < -0.3 is 10.1 Å². The van der Waals surface area contributed by atoms with Gasteiger partial charge in [-0.15, -0.1) is 0 Å². The van der Waals surface area contributed by atoms with Crippen molar-refractivity contribution in [2.75, 3.05) is 19.7 Å². The Hall–Kier alpha value is -0.860. The minimum atomic E-state index is 0.564. The van der Waals surface area contributed by atoms with Crippen molar-refractivity contribution in [1.82, 2.24) is 5.32 Å². The Kier molecular flexibility index (Phi) is 6.72. The van der Waals surface area contributed by atoms with Crippen LogP contribution in [0, 0.1) is 11.8 Å². The molecule has 1 aliphatic rings. The molecule has 1 aliphatic carbocycles. The first kappa shape index (κ1) is 16.5. The molecule has 0 saturated heterocycles. The van der Waals surface area contributed by atoms with Crippen LogP contribution in [0.2, 0.25) is 0 Å². The van der Waals surface area contributed by atoms with E-state index in [-0.39, 0.29) is 0 Å². The lowest BCUT2D eigenvalue weighted by molar-refractivity contribution is 0.115. The van der Waals surface area contributed by atoms with Gasteiger partial charge in [-0.25, -0.2) is 0 Å². The second-order valence-electron chi connectivity index (χ2n) is 6.98. The summed E-state index contributed by atoms with van der Waals surface area (Å²) in [5, 5.41) is 3.53. The Morgan fingerprint density at radius 3 is 2.43 bits per heavy atom. The summed E-state index contributed by atoms with van der Waals surface area (Å²) in [5.74, 6) is 2.24. The molecule has 1 aromatic carbocycles. The molecule has 1 N–H and O–H groups in total. The molecule has 0 radical (unpaired) electrons. The summed E-state index contributed by atoms with van der Waals surface area (Å²) < 4.78 is 5.75. The van der Waals surface area contributed by atoms with Crippen molar-refractivity contribution in [3.05, 3.63) is 35.4 Å². The van der Waals surface area contributed by atoms with E-state index in [0.29, 0.717) is 11.8 Å². The van der Waals surface area contributed by atoms with Gasteiger partial charge in [0.2, 0.25) is 0 Å². The summed E-state index contributed by atoms with van der Waals surface area (Å²) in [7, 11) is 0. The molecule has 1 saturated carbocycles. The van der Waals surface area contributed by atoms with Crippen LogP contribution in [-0.4, -0.2) is 19.7 Å². The fourth-order valence-corrected chi connectivity index (χ4v) is 2.50. The van der Waals surface area contributed by atoms with Gasteiger partial charge in [0.25, 0.3) is 0 Å². The number of hydrogen-bond donors (Lipinski definition) is 1. The molecule has 0 aromatic heterocycles. The van der Waals surface area contributed by atoms with Gasteiger partial charge in [0.05, 0.1) is 6.61 Å². The van der Waals surface area contributed by atoms with Crippen LogP contribution >= 0.6 is 0 Å². The van der Waals surface area contributed by atoms with Crippen molar-refractivity contribution in [3.63, 3.8) is 0 Å². The van der Waals surface area contributed by atoms with Gasteiger partial charge in [0.15, 0.2) is 0 Å². The lowest BCUT2D eigenvalue weighted by Crippen LogP contribution is -2.24. The lowest BCUT2D eigenvalue weighted by Gasteiger charge is -2.15. The largest absolute Gasteiger partial charge is 0.377 e. The molecule has 1 atom stereocenters. The fraction of sp³-hybridized carbons (Fsp3) is 0.684. The smallest absolute Gasteiger partial charge is 0.0716 e. The Morgan fingerprint density at radius 1 is 1.10 bits per heavy atom. The van der Waals surface area contributed by atoms with E-state index >= 15 is 0 Å². The third-order valence-corrected chi connectivity index (χ3v) is 4.19. The quantitative estimate of drug-likeness (QED) is 0.646. The van der Waals surface area contributed by atoms with Crippen LogP contribution in [0.15, 0.2) is 24.3 Å². The Morgan fingerprint density at radius 2 is 1.81 bits per heavy atom. The summed E-state index contributed by atoms with van der Waals surface area (Å²) >= 11 is 0. The van der Waals surface area contributed by atoms with Gasteiger partial charge in [-0.3, -0.25) is 0 Å². The fourth-order valence-electron chi connectivity index (χ4n) is 2.50. The maximum atomic E-state index is 5.75. The number of hydrogen-bond acceptors (Lipinski definition) is 2. The minimum Gasteiger partial charge on any atom is -0.377 e. The van der Waals surface area contributed by atoms with Gasteiger partial charge in [-0.05, 0) is 41.8 Å². The molecular formula is C19H31NO. The average molecular weight is 289 g/mol. The summed E-state index contributed by atoms with van der Waals surface area (Å²) in [6, 6.07) is 8.93. The van der Waals surface area contributed by atoms with Gasteiger partial charge in [0.1, 0.15) is 0 Å². The summed E-state index contributed by atoms with van der Waals surface area (Å²) in [5.41, 5.74) is 2.70. The molecule has 1 fully saturated rings. The van der Waals surface area contributed by atoms with Gasteiger partial charge in [0, 0.05) is 13.2 Å². The molecule has 1 unspecified atom stereocenters. The lowest BCUT2D eigenvalue weighted by atomic mass is 10.00. The zero-order valence-corrected chi connectivity index (χ0v) is 13.9. The molecule has 118 valence electrons. The Labute approximate surface area is 130 Å². The second-order valence-corrected chi connectivity index (χ2v) is 6.98. The number of ether oxygens (including phenoxy) is 1. The van der Waals surface area contributed by atoms with Crippen molar-refractivity contribution < 1.29 is 4.74 Å². The molecule has 1 aromatic rings. The summed E-state index contributed by atoms with van der Waals surface area (Å²) in [6.45, 7) is 10.6. The van der Waals surface area contributed by atoms with E-state index < -0.39 is 0 Å². The standard InChI is InChI=1S/C19H31NO/c1-15(2)12-20-13-16(3)19-8-6-18(7-9-19)14-21-11-10-17-4-5-17/h6-9,15-17,20H,4-5,10-14H2,1-3H3. The van der Waals surface area contributed by atoms with Crippen LogP contribution in [0.5, 0.6) is 0 Å². The SMILES string of the molecule is CC(C)CNCC(C)c1ccc(COCCC2CC2)cc1. The highest BCUT2D eigenvalue weighted by molar-refractivity contribution is 5.24. The van der Waals surface area contributed by atoms with Crippen LogP contribution in [-0.2, 0) is 11.3 Å². The van der Waals surface area contributed by atoms with Crippen molar-refractivity contribution in [2.24, 2.45) is 11.8 Å². The maximum Gasteiger partial charge on any atom is 0.0716 e. The Bertz CT molecular complexity index is 395. The van der Waals surface area contributed by atoms with Crippen LogP contribution < -0.4 is 5.32 Å². The van der Waals surface area contributed by atoms with E-state index in [9.17, 15) is 0 Å². The minimum absolute atomic E-state index is 0.564. The normalized spacial score (nSPS) is 16.4. The highest BCUT2D eigenvalue weighted by atomic mass is 16.5. The topological polar surface area (TPSA) is 21.3 Å². The van der Waals surface area contributed by atoms with Crippen molar-refractivity contribution in [2.45, 2.75) is 52.6 Å². The van der Waals surface area contributed by atoms with E-state index in [1.165, 1.54) is 30.4 Å². The number of rotatable bonds is 10. The van der Waals surface area contributed by atoms with E-state index in [2.05, 4.69) is 50.4 Å². The predicted octanol–water partition coefficient (Wildman–Crippen LogP) is 4.35. The zero-order valence-electron chi connectivity index (χ0n) is 13.9. The second kappa shape index (κ2) is 8.55. The molecule has 21 heavy (non-hydrogen) atoms. The number of nitrogens with one attached hydrogen (secondary N) is 1. The van der Waals surface area contributed by atoms with Gasteiger partial charge >= 0.3 is 0 Å². The third kappa shape index (κ3) is 6.62. The molecule has 2 rings (SSSR count). The molecule has 0 amide bonds. The van der Waals surface area contributed by atoms with Gasteiger partial charge in [-0.2, -0.15) is 0 Å². The average Bonchev–Trinajstić information content (AvgIpc) is 3.28. The predicted molar refractivity (Wildman–Crippen MR) is 89.6 cm³/mol. The zero-order chi connectivity index (χ0) is 15.1. The van der Waals surface area contributed by atoms with E-state index in [1.54, 1.807) is 0 Å². The maximum absolute atomic E-state index is 5.75. The van der Waals surface area contributed by atoms with Crippen LogP contribution in [0.4, 0.5) is 0 Å². The number of benzene rings is 1. The monoisotopic (exact) mass is 289 g/mol. The highest BCUT2D eigenvalue weighted by Crippen LogP contribution is 2.32. The van der Waals surface area contributed by atoms with E-state index in [1.807, 2.05) is 0 Å². The molecule has 0 heterocycles. The molecule has 0 aliphatic heterocycles. The van der Waals surface area contributed by atoms with Crippen molar-refractivity contribution >= 4 is 0 Å². The summed E-state index contributed by atoms with van der Waals surface area (Å²) in [6.07, 6.45) is 4.08. The first-order valence-electron chi connectivity index (χ1n) is 8.52. The van der Waals surface area contributed by atoms with E-state index in [0.717, 1.165) is 32.2 Å². The van der Waals surface area contributed by atoms with Gasteiger partial charge in [-0.1, -0.05) is 57.9 Å². The molecular weight excluding hydrogens is 258 g/mol. The van der Waals surface area contributed by atoms with Crippen LogP contribution in [0.1, 0.15) is 57.1 Å². The van der Waals surface area contributed by atoms with Crippen LogP contribution in [0.25, 0.3) is 0 Å². The van der Waals surface area contributed by atoms with E-state index in [4.69, 9.17) is 4.74 Å². The first-order valence-corrected chi connectivity index (χ1v) is 8.52. The molecule has 2 nitrogen and oxygen atoms in total. The molecule has 0 bridgehead atoms. The summed E-state index contributed by atoms with van der Waals surface area (Å²) in [4.78, 5) is 0.